The predicted molar refractivity (Wildman–Crippen MR) is 96.4 cm³/mol. The number of rotatable bonds is 9. The van der Waals surface area contributed by atoms with Crippen LogP contribution in [0.2, 0.25) is 0 Å². The number of hydrogen-bond donors (Lipinski definition) is 5. The number of ether oxygens (including phenoxy) is 3. The molecule has 0 amide bonds. The molecule has 1 aliphatic heterocycles. The van der Waals surface area contributed by atoms with Crippen LogP contribution in [0.15, 0.2) is 30.3 Å². The number of aliphatic hydroxyl groups is 4. The topological polar surface area (TPSA) is 163 Å². The molecule has 10 heteroatoms. The van der Waals surface area contributed by atoms with E-state index in [0.29, 0.717) is 0 Å². The zero-order valence-electron chi connectivity index (χ0n) is 15.9. The van der Waals surface area contributed by atoms with E-state index in [4.69, 9.17) is 19.3 Å². The Bertz CT molecular complexity index is 677. The van der Waals surface area contributed by atoms with Gasteiger partial charge in [-0.2, -0.15) is 0 Å². The van der Waals surface area contributed by atoms with Gasteiger partial charge in [0.1, 0.15) is 31.0 Å². The number of benzene rings is 1. The number of aliphatic hydroxyl groups excluding tert-OH is 3. The van der Waals surface area contributed by atoms with Gasteiger partial charge in [-0.15, -0.1) is 0 Å². The summed E-state index contributed by atoms with van der Waals surface area (Å²) in [6.45, 7) is 0.774. The van der Waals surface area contributed by atoms with Crippen LogP contribution in [0.5, 0.6) is 0 Å². The maximum absolute atomic E-state index is 11.9. The lowest BCUT2D eigenvalue weighted by Crippen LogP contribution is -2.59. The summed E-state index contributed by atoms with van der Waals surface area (Å²) in [5.41, 5.74) is -1.00. The summed E-state index contributed by atoms with van der Waals surface area (Å²) in [4.78, 5) is 22.6. The summed E-state index contributed by atoms with van der Waals surface area (Å²) in [6, 6.07) is 9.02. The Morgan fingerprint density at radius 3 is 2.34 bits per heavy atom. The normalized spacial score (nSPS) is 29.1. The standard InChI is InChI=1S/C19H26O10/c1-19(26,7-13(20)21)8-14(22)27-10-12-15(23)16(24)17(25)18(29-12)28-9-11-5-3-2-4-6-11/h2-6,12,15-18,23-26H,7-10H2,1H3,(H,20,21)/t12-,15-,16+,17-,18-,19+/m1/s1. The smallest absolute Gasteiger partial charge is 0.308 e. The molecular weight excluding hydrogens is 388 g/mol. The minimum Gasteiger partial charge on any atom is -0.481 e. The quantitative estimate of drug-likeness (QED) is 0.322. The molecule has 1 saturated heterocycles. The van der Waals surface area contributed by atoms with Crippen molar-refractivity contribution in [1.29, 1.82) is 0 Å². The van der Waals surface area contributed by atoms with Gasteiger partial charge in [0.25, 0.3) is 0 Å². The Hall–Kier alpha value is -2.08. The average Bonchev–Trinajstić information content (AvgIpc) is 2.64. The van der Waals surface area contributed by atoms with Crippen LogP contribution in [0.3, 0.4) is 0 Å². The molecule has 1 fully saturated rings. The Morgan fingerprint density at radius 1 is 1.07 bits per heavy atom. The van der Waals surface area contributed by atoms with Gasteiger partial charge in [-0.05, 0) is 12.5 Å². The molecule has 10 nitrogen and oxygen atoms in total. The van der Waals surface area contributed by atoms with E-state index < -0.39 is 67.7 Å². The van der Waals surface area contributed by atoms with Crippen molar-refractivity contribution in [3.63, 3.8) is 0 Å². The molecule has 0 bridgehead atoms. The van der Waals surface area contributed by atoms with Crippen LogP contribution < -0.4 is 0 Å². The fourth-order valence-corrected chi connectivity index (χ4v) is 2.87. The SMILES string of the molecule is C[C@](O)(CC(=O)O)CC(=O)OC[C@H]1O[C@@H](OCc2ccccc2)[C@H](O)[C@@H](O)[C@@H]1O. The molecule has 0 aromatic heterocycles. The van der Waals surface area contributed by atoms with Crippen molar-refractivity contribution in [3.05, 3.63) is 35.9 Å². The van der Waals surface area contributed by atoms with Crippen LogP contribution in [0.4, 0.5) is 0 Å². The van der Waals surface area contributed by atoms with E-state index >= 15 is 0 Å². The Labute approximate surface area is 167 Å². The zero-order valence-corrected chi connectivity index (χ0v) is 15.9. The van der Waals surface area contributed by atoms with Crippen LogP contribution >= 0.6 is 0 Å². The number of esters is 1. The van der Waals surface area contributed by atoms with Crippen molar-refractivity contribution in [2.24, 2.45) is 0 Å². The molecule has 5 N–H and O–H groups in total. The minimum absolute atomic E-state index is 0.0793. The van der Waals surface area contributed by atoms with Crippen LogP contribution in [0.25, 0.3) is 0 Å². The second-order valence-electron chi connectivity index (χ2n) is 7.24. The molecule has 1 aliphatic rings. The van der Waals surface area contributed by atoms with Crippen LogP contribution in [0, 0.1) is 0 Å². The molecule has 29 heavy (non-hydrogen) atoms. The predicted octanol–water partition coefficient (Wildman–Crippen LogP) is -0.830. The van der Waals surface area contributed by atoms with E-state index in [0.717, 1.165) is 5.56 Å². The molecule has 0 unspecified atom stereocenters. The molecule has 6 atom stereocenters. The first-order valence-electron chi connectivity index (χ1n) is 9.04. The lowest BCUT2D eigenvalue weighted by Gasteiger charge is -2.40. The van der Waals surface area contributed by atoms with Gasteiger partial charge in [0.2, 0.25) is 0 Å². The molecule has 2 rings (SSSR count). The Kier molecular flexibility index (Phi) is 8.08. The number of carboxylic acids is 1. The molecular formula is C19H26O10. The van der Waals surface area contributed by atoms with Crippen molar-refractivity contribution in [2.75, 3.05) is 6.61 Å². The molecule has 0 saturated carbocycles. The molecule has 1 aromatic rings. The Morgan fingerprint density at radius 2 is 1.72 bits per heavy atom. The number of carbonyl (C=O) groups is 2. The molecule has 1 aromatic carbocycles. The van der Waals surface area contributed by atoms with Crippen LogP contribution in [0.1, 0.15) is 25.3 Å². The molecule has 162 valence electrons. The summed E-state index contributed by atoms with van der Waals surface area (Å²) in [5.74, 6) is -2.18. The summed E-state index contributed by atoms with van der Waals surface area (Å²) >= 11 is 0. The highest BCUT2D eigenvalue weighted by Crippen LogP contribution is 2.24. The lowest BCUT2D eigenvalue weighted by atomic mass is 9.98. The minimum atomic E-state index is -1.80. The first-order chi connectivity index (χ1) is 13.6. The summed E-state index contributed by atoms with van der Waals surface area (Å²) in [5, 5.41) is 48.8. The third kappa shape index (κ3) is 7.03. The van der Waals surface area contributed by atoms with Gasteiger partial charge < -0.3 is 39.7 Å². The van der Waals surface area contributed by atoms with Crippen molar-refractivity contribution < 1.29 is 49.3 Å². The molecule has 1 heterocycles. The van der Waals surface area contributed by atoms with E-state index in [1.165, 1.54) is 6.92 Å². The highest BCUT2D eigenvalue weighted by Gasteiger charge is 2.45. The lowest BCUT2D eigenvalue weighted by molar-refractivity contribution is -0.304. The largest absolute Gasteiger partial charge is 0.481 e. The maximum atomic E-state index is 11.9. The van der Waals surface area contributed by atoms with E-state index in [1.54, 1.807) is 24.3 Å². The summed E-state index contributed by atoms with van der Waals surface area (Å²) in [7, 11) is 0. The third-order valence-corrected chi connectivity index (χ3v) is 4.39. The summed E-state index contributed by atoms with van der Waals surface area (Å²) < 4.78 is 15.8. The number of aliphatic carboxylic acids is 1. The van der Waals surface area contributed by atoms with Crippen molar-refractivity contribution in [2.45, 2.75) is 62.7 Å². The van der Waals surface area contributed by atoms with Crippen LogP contribution in [-0.4, -0.2) is 80.4 Å². The molecule has 0 aliphatic carbocycles. The van der Waals surface area contributed by atoms with Gasteiger partial charge >= 0.3 is 11.9 Å². The van der Waals surface area contributed by atoms with Gasteiger partial charge in [0.05, 0.1) is 25.0 Å². The number of carboxylic acid groups (broad SMARTS) is 1. The summed E-state index contributed by atoms with van der Waals surface area (Å²) in [6.07, 6.45) is -8.35. The van der Waals surface area contributed by atoms with Crippen molar-refractivity contribution >= 4 is 11.9 Å². The highest BCUT2D eigenvalue weighted by molar-refractivity contribution is 5.73. The third-order valence-electron chi connectivity index (χ3n) is 4.39. The maximum Gasteiger partial charge on any atom is 0.308 e. The van der Waals surface area contributed by atoms with Crippen molar-refractivity contribution in [3.8, 4) is 0 Å². The fourth-order valence-electron chi connectivity index (χ4n) is 2.87. The van der Waals surface area contributed by atoms with Crippen LogP contribution in [-0.2, 0) is 30.4 Å². The number of hydrogen-bond acceptors (Lipinski definition) is 9. The number of carbonyl (C=O) groups excluding carboxylic acids is 1. The van der Waals surface area contributed by atoms with Gasteiger partial charge in [0, 0.05) is 0 Å². The Balaban J connectivity index is 1.90. The van der Waals surface area contributed by atoms with E-state index in [-0.39, 0.29) is 6.61 Å². The van der Waals surface area contributed by atoms with Gasteiger partial charge in [0.15, 0.2) is 6.29 Å². The van der Waals surface area contributed by atoms with Gasteiger partial charge in [-0.3, -0.25) is 9.59 Å². The van der Waals surface area contributed by atoms with Gasteiger partial charge in [-0.1, -0.05) is 30.3 Å². The average molecular weight is 414 g/mol. The monoisotopic (exact) mass is 414 g/mol. The van der Waals surface area contributed by atoms with E-state index in [9.17, 15) is 30.0 Å². The zero-order chi connectivity index (χ0) is 21.6. The van der Waals surface area contributed by atoms with E-state index in [2.05, 4.69) is 0 Å². The van der Waals surface area contributed by atoms with Gasteiger partial charge in [-0.25, -0.2) is 0 Å². The van der Waals surface area contributed by atoms with E-state index in [1.807, 2.05) is 6.07 Å². The fraction of sp³-hybridized carbons (Fsp3) is 0.579. The molecule has 0 radical (unpaired) electrons. The second-order valence-corrected chi connectivity index (χ2v) is 7.24. The van der Waals surface area contributed by atoms with Crippen molar-refractivity contribution in [1.82, 2.24) is 0 Å². The first kappa shape index (κ1) is 23.2. The highest BCUT2D eigenvalue weighted by atomic mass is 16.7. The molecule has 0 spiro atoms. The first-order valence-corrected chi connectivity index (χ1v) is 9.04. The second kappa shape index (κ2) is 10.1.